The predicted molar refractivity (Wildman–Crippen MR) is 84.4 cm³/mol. The third-order valence-electron chi connectivity index (χ3n) is 3.15. The van der Waals surface area contributed by atoms with Gasteiger partial charge in [-0.3, -0.25) is 0 Å². The summed E-state index contributed by atoms with van der Waals surface area (Å²) in [5.41, 5.74) is 2.28. The van der Waals surface area contributed by atoms with Crippen LogP contribution in [0.1, 0.15) is 5.56 Å². The molecule has 118 valence electrons. The number of benzene rings is 2. The fraction of sp³-hybridized carbons (Fsp3) is 0.0714. The minimum absolute atomic E-state index is 0.0119. The SMILES string of the molecule is Cc1ccc(S(=O)(=O)NC(=O)Nc2cccc3n[nH]nc23)cc1. The van der Waals surface area contributed by atoms with E-state index in [-0.39, 0.29) is 4.90 Å². The molecule has 0 aliphatic heterocycles. The molecular weight excluding hydrogens is 318 g/mol. The summed E-state index contributed by atoms with van der Waals surface area (Å²) >= 11 is 0. The zero-order chi connectivity index (χ0) is 16.4. The summed E-state index contributed by atoms with van der Waals surface area (Å²) in [6.45, 7) is 1.84. The van der Waals surface area contributed by atoms with Crippen molar-refractivity contribution in [1.82, 2.24) is 20.1 Å². The lowest BCUT2D eigenvalue weighted by Gasteiger charge is -2.09. The maximum Gasteiger partial charge on any atom is 0.333 e. The number of carbonyl (C=O) groups is 1. The standard InChI is InChI=1S/C14H13N5O3S/c1-9-5-7-10(8-6-9)23(21,22)18-14(20)15-11-3-2-4-12-13(11)17-19-16-12/h2-8H,1H3,(H2,15,18,20)(H,16,17,19). The molecule has 0 fully saturated rings. The van der Waals surface area contributed by atoms with E-state index in [9.17, 15) is 13.2 Å². The summed E-state index contributed by atoms with van der Waals surface area (Å²) in [7, 11) is -3.94. The molecule has 2 aromatic carbocycles. The van der Waals surface area contributed by atoms with Gasteiger partial charge in [0.15, 0.2) is 0 Å². The molecule has 0 spiro atoms. The molecule has 0 radical (unpaired) electrons. The molecule has 0 saturated heterocycles. The maximum absolute atomic E-state index is 12.2. The predicted octanol–water partition coefficient (Wildman–Crippen LogP) is 1.78. The Morgan fingerprint density at radius 1 is 1.09 bits per heavy atom. The van der Waals surface area contributed by atoms with Gasteiger partial charge in [-0.2, -0.15) is 15.4 Å². The van der Waals surface area contributed by atoms with E-state index in [2.05, 4.69) is 20.7 Å². The number of urea groups is 1. The van der Waals surface area contributed by atoms with Crippen molar-refractivity contribution in [2.75, 3.05) is 5.32 Å². The lowest BCUT2D eigenvalue weighted by Crippen LogP contribution is -2.34. The Morgan fingerprint density at radius 2 is 1.83 bits per heavy atom. The van der Waals surface area contributed by atoms with Gasteiger partial charge in [-0.15, -0.1) is 0 Å². The number of rotatable bonds is 3. The number of carbonyl (C=O) groups excluding carboxylic acids is 1. The van der Waals surface area contributed by atoms with Crippen LogP contribution >= 0.6 is 0 Å². The molecule has 2 amide bonds. The van der Waals surface area contributed by atoms with Gasteiger partial charge < -0.3 is 5.32 Å². The molecule has 9 heteroatoms. The first kappa shape index (κ1) is 15.0. The van der Waals surface area contributed by atoms with Gasteiger partial charge in [-0.05, 0) is 31.2 Å². The van der Waals surface area contributed by atoms with E-state index >= 15 is 0 Å². The van der Waals surface area contributed by atoms with Gasteiger partial charge in [0.25, 0.3) is 10.0 Å². The van der Waals surface area contributed by atoms with Crippen LogP contribution in [0, 0.1) is 6.92 Å². The van der Waals surface area contributed by atoms with E-state index < -0.39 is 16.1 Å². The molecule has 0 saturated carbocycles. The molecule has 1 heterocycles. The van der Waals surface area contributed by atoms with Crippen LogP contribution in [0.3, 0.4) is 0 Å². The van der Waals surface area contributed by atoms with Crippen molar-refractivity contribution in [2.45, 2.75) is 11.8 Å². The molecule has 0 aliphatic carbocycles. The fourth-order valence-corrected chi connectivity index (χ4v) is 2.92. The molecule has 3 N–H and O–H groups in total. The summed E-state index contributed by atoms with van der Waals surface area (Å²) in [4.78, 5) is 12.0. The van der Waals surface area contributed by atoms with E-state index in [4.69, 9.17) is 0 Å². The zero-order valence-corrected chi connectivity index (χ0v) is 12.9. The Kier molecular flexibility index (Phi) is 3.70. The molecule has 0 aliphatic rings. The van der Waals surface area contributed by atoms with E-state index in [0.717, 1.165) is 5.56 Å². The number of aryl methyl sites for hydroxylation is 1. The molecule has 23 heavy (non-hydrogen) atoms. The number of hydrogen-bond donors (Lipinski definition) is 3. The number of fused-ring (bicyclic) bond motifs is 1. The van der Waals surface area contributed by atoms with Crippen LogP contribution in [-0.4, -0.2) is 29.9 Å². The number of amides is 2. The second kappa shape index (κ2) is 5.69. The molecule has 1 aromatic heterocycles. The number of sulfonamides is 1. The number of anilines is 1. The Hall–Kier alpha value is -2.94. The summed E-state index contributed by atoms with van der Waals surface area (Å²) in [6.07, 6.45) is 0. The molecule has 8 nitrogen and oxygen atoms in total. The number of nitrogens with zero attached hydrogens (tertiary/aromatic N) is 2. The topological polar surface area (TPSA) is 117 Å². The zero-order valence-electron chi connectivity index (χ0n) is 12.1. The number of hydrogen-bond acceptors (Lipinski definition) is 5. The lowest BCUT2D eigenvalue weighted by atomic mass is 10.2. The molecule has 0 atom stereocenters. The number of nitrogens with one attached hydrogen (secondary N) is 3. The fourth-order valence-electron chi connectivity index (χ4n) is 2.01. The van der Waals surface area contributed by atoms with Crippen LogP contribution in [0.25, 0.3) is 11.0 Å². The van der Waals surface area contributed by atoms with Crippen molar-refractivity contribution in [1.29, 1.82) is 0 Å². The van der Waals surface area contributed by atoms with Gasteiger partial charge in [-0.25, -0.2) is 17.9 Å². The Morgan fingerprint density at radius 3 is 2.57 bits per heavy atom. The van der Waals surface area contributed by atoms with E-state index in [1.165, 1.54) is 12.1 Å². The monoisotopic (exact) mass is 331 g/mol. The molecule has 0 unspecified atom stereocenters. The highest BCUT2D eigenvalue weighted by Gasteiger charge is 2.18. The highest BCUT2D eigenvalue weighted by Crippen LogP contribution is 2.18. The highest BCUT2D eigenvalue weighted by atomic mass is 32.2. The summed E-state index contributed by atoms with van der Waals surface area (Å²) < 4.78 is 26.3. The number of para-hydroxylation sites is 1. The van der Waals surface area contributed by atoms with Crippen LogP contribution < -0.4 is 10.0 Å². The first-order valence-corrected chi connectivity index (χ1v) is 8.14. The lowest BCUT2D eigenvalue weighted by molar-refractivity contribution is 0.256. The van der Waals surface area contributed by atoms with E-state index in [1.807, 2.05) is 11.6 Å². The van der Waals surface area contributed by atoms with Crippen LogP contribution in [0.2, 0.25) is 0 Å². The number of aromatic amines is 1. The van der Waals surface area contributed by atoms with Gasteiger partial charge >= 0.3 is 6.03 Å². The third kappa shape index (κ3) is 3.14. The van der Waals surface area contributed by atoms with Crippen LogP contribution in [0.4, 0.5) is 10.5 Å². The van der Waals surface area contributed by atoms with E-state index in [1.54, 1.807) is 30.3 Å². The van der Waals surface area contributed by atoms with Gasteiger partial charge in [0.1, 0.15) is 11.0 Å². The highest BCUT2D eigenvalue weighted by molar-refractivity contribution is 7.90. The first-order chi connectivity index (χ1) is 11.0. The van der Waals surface area contributed by atoms with Gasteiger partial charge in [-0.1, -0.05) is 23.8 Å². The minimum atomic E-state index is -3.94. The Labute approximate surface area is 132 Å². The van der Waals surface area contributed by atoms with Crippen molar-refractivity contribution in [3.05, 3.63) is 48.0 Å². The third-order valence-corrected chi connectivity index (χ3v) is 4.50. The first-order valence-electron chi connectivity index (χ1n) is 6.66. The van der Waals surface area contributed by atoms with Crippen LogP contribution in [0.15, 0.2) is 47.4 Å². The van der Waals surface area contributed by atoms with Crippen molar-refractivity contribution in [3.63, 3.8) is 0 Å². The summed E-state index contributed by atoms with van der Waals surface area (Å²) in [5.74, 6) is 0. The second-order valence-electron chi connectivity index (χ2n) is 4.87. The smallest absolute Gasteiger partial charge is 0.305 e. The molecule has 3 rings (SSSR count). The largest absolute Gasteiger partial charge is 0.333 e. The Balaban J connectivity index is 1.79. The molecule has 0 bridgehead atoms. The van der Waals surface area contributed by atoms with Crippen LogP contribution in [-0.2, 0) is 10.0 Å². The Bertz CT molecular complexity index is 964. The molecule has 3 aromatic rings. The number of H-pyrrole nitrogens is 1. The van der Waals surface area contributed by atoms with Crippen LogP contribution in [0.5, 0.6) is 0 Å². The number of aromatic nitrogens is 3. The maximum atomic E-state index is 12.2. The summed E-state index contributed by atoms with van der Waals surface area (Å²) in [6, 6.07) is 10.3. The van der Waals surface area contributed by atoms with Gasteiger partial charge in [0.05, 0.1) is 10.6 Å². The normalized spacial score (nSPS) is 11.3. The summed E-state index contributed by atoms with van der Waals surface area (Å²) in [5, 5.41) is 12.7. The van der Waals surface area contributed by atoms with Crippen molar-refractivity contribution >= 4 is 32.8 Å². The molecular formula is C14H13N5O3S. The quantitative estimate of drug-likeness (QED) is 0.676. The average molecular weight is 331 g/mol. The second-order valence-corrected chi connectivity index (χ2v) is 6.55. The van der Waals surface area contributed by atoms with Gasteiger partial charge in [0.2, 0.25) is 0 Å². The van der Waals surface area contributed by atoms with Crippen molar-refractivity contribution < 1.29 is 13.2 Å². The van der Waals surface area contributed by atoms with Crippen molar-refractivity contribution in [2.24, 2.45) is 0 Å². The van der Waals surface area contributed by atoms with Gasteiger partial charge in [0, 0.05) is 0 Å². The van der Waals surface area contributed by atoms with Crippen molar-refractivity contribution in [3.8, 4) is 0 Å². The van der Waals surface area contributed by atoms with E-state index in [0.29, 0.717) is 16.7 Å². The minimum Gasteiger partial charge on any atom is -0.305 e. The average Bonchev–Trinajstić information content (AvgIpc) is 2.96.